The molecule has 1 fully saturated rings. The number of likely N-dealkylation sites (tertiary alicyclic amines) is 1. The summed E-state index contributed by atoms with van der Waals surface area (Å²) in [5.74, 6) is -1.18. The Labute approximate surface area is 176 Å². The first-order valence-electron chi connectivity index (χ1n) is 9.31. The molecule has 1 amide bonds. The number of aromatic nitrogens is 4. The molecule has 1 aromatic carbocycles. The first-order valence-corrected chi connectivity index (χ1v) is 9.89. The number of rotatable bonds is 3. The molecule has 164 valence electrons. The van der Waals surface area contributed by atoms with Gasteiger partial charge < -0.3 is 9.64 Å². The minimum atomic E-state index is -4.88. The lowest BCUT2D eigenvalue weighted by Gasteiger charge is -2.40. The highest BCUT2D eigenvalue weighted by Crippen LogP contribution is 2.40. The zero-order valence-corrected chi connectivity index (χ0v) is 17.5. The third-order valence-electron chi connectivity index (χ3n) is 4.91. The van der Waals surface area contributed by atoms with Gasteiger partial charge in [-0.2, -0.15) is 10.1 Å². The zero-order valence-electron chi connectivity index (χ0n) is 16.3. The molecule has 1 saturated heterocycles. The number of halogens is 4. The van der Waals surface area contributed by atoms with Crippen molar-refractivity contribution in [2.45, 2.75) is 31.0 Å². The number of alkyl halides is 4. The van der Waals surface area contributed by atoms with Crippen LogP contribution in [0.2, 0.25) is 0 Å². The van der Waals surface area contributed by atoms with E-state index < -0.39 is 29.3 Å². The van der Waals surface area contributed by atoms with E-state index in [-0.39, 0.29) is 25.1 Å². The van der Waals surface area contributed by atoms with Crippen LogP contribution in [0.3, 0.4) is 0 Å². The lowest BCUT2D eigenvalue weighted by molar-refractivity contribution is -0.274. The highest BCUT2D eigenvalue weighted by atomic mass is 31.0. The third kappa shape index (κ3) is 4.76. The SMILES string of the molecule is Cc1cc(C2CN(C(=O)c3cccc(OC(F)(F)F)c3)CC(F)(P)C2)n2ncnc2n1. The van der Waals surface area contributed by atoms with E-state index in [1.165, 1.54) is 27.9 Å². The molecule has 12 heteroatoms. The molecule has 0 N–H and O–H groups in total. The van der Waals surface area contributed by atoms with Crippen molar-refractivity contribution in [2.75, 3.05) is 13.1 Å². The van der Waals surface area contributed by atoms with E-state index in [2.05, 4.69) is 29.0 Å². The molecular weight excluding hydrogens is 437 g/mol. The van der Waals surface area contributed by atoms with E-state index in [9.17, 15) is 18.0 Å². The lowest BCUT2D eigenvalue weighted by atomic mass is 9.92. The van der Waals surface area contributed by atoms with Gasteiger partial charge in [-0.15, -0.1) is 13.2 Å². The molecule has 4 rings (SSSR count). The van der Waals surface area contributed by atoms with Crippen LogP contribution in [0.1, 0.15) is 34.1 Å². The molecule has 3 aromatic rings. The predicted molar refractivity (Wildman–Crippen MR) is 105 cm³/mol. The highest BCUT2D eigenvalue weighted by Gasteiger charge is 2.40. The number of hydrogen-bond acceptors (Lipinski definition) is 5. The van der Waals surface area contributed by atoms with Gasteiger partial charge in [0.25, 0.3) is 11.7 Å². The number of hydrogen-bond donors (Lipinski definition) is 0. The topological polar surface area (TPSA) is 72.6 Å². The Morgan fingerprint density at radius 3 is 2.84 bits per heavy atom. The second-order valence-corrected chi connectivity index (χ2v) is 8.53. The fourth-order valence-electron chi connectivity index (χ4n) is 3.80. The summed E-state index contributed by atoms with van der Waals surface area (Å²) in [6.45, 7) is 1.71. The summed E-state index contributed by atoms with van der Waals surface area (Å²) in [5, 5.41) is 2.35. The van der Waals surface area contributed by atoms with Crippen LogP contribution in [0.4, 0.5) is 17.6 Å². The smallest absolute Gasteiger partial charge is 0.406 e. The molecule has 1 aliphatic rings. The summed E-state index contributed by atoms with van der Waals surface area (Å²) in [7, 11) is 2.13. The van der Waals surface area contributed by atoms with Crippen molar-refractivity contribution in [3.63, 3.8) is 0 Å². The van der Waals surface area contributed by atoms with Gasteiger partial charge in [-0.1, -0.05) is 15.3 Å². The van der Waals surface area contributed by atoms with Crippen molar-refractivity contribution in [2.24, 2.45) is 0 Å². The minimum absolute atomic E-state index is 0.0278. The van der Waals surface area contributed by atoms with Gasteiger partial charge in [0.05, 0.1) is 12.2 Å². The van der Waals surface area contributed by atoms with Crippen LogP contribution in [0.25, 0.3) is 5.78 Å². The number of fused-ring (bicyclic) bond motifs is 1. The van der Waals surface area contributed by atoms with Crippen molar-refractivity contribution < 1.29 is 27.1 Å². The molecule has 1 aliphatic heterocycles. The summed E-state index contributed by atoms with van der Waals surface area (Å²) >= 11 is 0. The van der Waals surface area contributed by atoms with E-state index in [0.717, 1.165) is 12.1 Å². The van der Waals surface area contributed by atoms with Crippen LogP contribution >= 0.6 is 9.24 Å². The summed E-state index contributed by atoms with van der Waals surface area (Å²) < 4.78 is 58.1. The van der Waals surface area contributed by atoms with Gasteiger partial charge >= 0.3 is 6.36 Å². The Morgan fingerprint density at radius 2 is 2.10 bits per heavy atom. The Bertz CT molecular complexity index is 1130. The molecule has 0 radical (unpaired) electrons. The summed E-state index contributed by atoms with van der Waals surface area (Å²) in [6, 6.07) is 6.50. The summed E-state index contributed by atoms with van der Waals surface area (Å²) in [6.07, 6.45) is -3.43. The predicted octanol–water partition coefficient (Wildman–Crippen LogP) is 3.50. The number of carbonyl (C=O) groups is 1. The molecular formula is C19H18F4N5O2P. The third-order valence-corrected chi connectivity index (χ3v) is 5.33. The normalized spacial score (nSPS) is 22.0. The fraction of sp³-hybridized carbons (Fsp3) is 0.368. The maximum Gasteiger partial charge on any atom is 0.573 e. The first kappa shape index (κ1) is 21.4. The zero-order chi connectivity index (χ0) is 22.4. The number of nitrogens with zero attached hydrogens (tertiary/aromatic N) is 5. The number of piperidine rings is 1. The van der Waals surface area contributed by atoms with E-state index in [1.54, 1.807) is 13.0 Å². The van der Waals surface area contributed by atoms with Gasteiger partial charge in [0.15, 0.2) is 0 Å². The molecule has 0 saturated carbocycles. The van der Waals surface area contributed by atoms with Crippen LogP contribution in [-0.2, 0) is 0 Å². The van der Waals surface area contributed by atoms with Gasteiger partial charge in [0, 0.05) is 23.7 Å². The van der Waals surface area contributed by atoms with Crippen LogP contribution < -0.4 is 4.74 Å². The number of aryl methyl sites for hydroxylation is 1. The highest BCUT2D eigenvalue weighted by molar-refractivity contribution is 7.18. The fourth-order valence-corrected chi connectivity index (χ4v) is 4.30. The van der Waals surface area contributed by atoms with E-state index in [1.807, 2.05) is 0 Å². The second kappa shape index (κ2) is 7.71. The molecule has 31 heavy (non-hydrogen) atoms. The van der Waals surface area contributed by atoms with Gasteiger partial charge in [-0.25, -0.2) is 13.9 Å². The summed E-state index contributed by atoms with van der Waals surface area (Å²) in [4.78, 5) is 22.7. The Kier molecular flexibility index (Phi) is 5.33. The standard InChI is InChI=1S/C19H18F4N5O2P/c1-11-5-15(28-17(26-11)24-10-25-28)13-7-18(20,31)9-27(8-13)16(29)12-3-2-4-14(6-12)30-19(21,22)23/h2-6,10,13H,7-9,31H2,1H3. The molecule has 0 aliphatic carbocycles. The molecule has 0 bridgehead atoms. The van der Waals surface area contributed by atoms with Crippen LogP contribution in [-0.4, -0.2) is 55.3 Å². The number of amides is 1. The van der Waals surface area contributed by atoms with Crippen LogP contribution in [0.5, 0.6) is 5.75 Å². The molecule has 3 unspecified atom stereocenters. The van der Waals surface area contributed by atoms with E-state index >= 15 is 4.39 Å². The Hall–Kier alpha value is -2.81. The number of ether oxygens (including phenoxy) is 1. The van der Waals surface area contributed by atoms with Crippen molar-refractivity contribution in [1.82, 2.24) is 24.5 Å². The number of benzene rings is 1. The first-order chi connectivity index (χ1) is 14.5. The van der Waals surface area contributed by atoms with Crippen molar-refractivity contribution in [1.29, 1.82) is 0 Å². The molecule has 3 atom stereocenters. The molecule has 3 heterocycles. The Balaban J connectivity index is 1.64. The molecule has 0 spiro atoms. The van der Waals surface area contributed by atoms with Gasteiger partial charge in [-0.05, 0) is 37.6 Å². The second-order valence-electron chi connectivity index (χ2n) is 7.49. The molecule has 7 nitrogen and oxygen atoms in total. The maximum atomic E-state index is 15.2. The monoisotopic (exact) mass is 455 g/mol. The van der Waals surface area contributed by atoms with E-state index in [4.69, 9.17) is 0 Å². The van der Waals surface area contributed by atoms with Gasteiger partial charge in [-0.3, -0.25) is 4.79 Å². The minimum Gasteiger partial charge on any atom is -0.406 e. The van der Waals surface area contributed by atoms with Crippen molar-refractivity contribution in [3.05, 3.63) is 53.6 Å². The lowest BCUT2D eigenvalue weighted by Crippen LogP contribution is -2.48. The largest absolute Gasteiger partial charge is 0.573 e. The summed E-state index contributed by atoms with van der Waals surface area (Å²) in [5.41, 5.74) is 1.29. The van der Waals surface area contributed by atoms with Crippen molar-refractivity contribution in [3.8, 4) is 5.75 Å². The Morgan fingerprint density at radius 1 is 1.32 bits per heavy atom. The van der Waals surface area contributed by atoms with Gasteiger partial charge in [0.2, 0.25) is 0 Å². The molecule has 2 aromatic heterocycles. The average molecular weight is 455 g/mol. The van der Waals surface area contributed by atoms with Crippen molar-refractivity contribution >= 4 is 20.9 Å². The van der Waals surface area contributed by atoms with Crippen LogP contribution in [0.15, 0.2) is 36.7 Å². The van der Waals surface area contributed by atoms with E-state index in [0.29, 0.717) is 17.2 Å². The quantitative estimate of drug-likeness (QED) is 0.447. The number of carbonyl (C=O) groups excluding carboxylic acids is 1. The maximum absolute atomic E-state index is 15.2. The van der Waals surface area contributed by atoms with Crippen LogP contribution in [0, 0.1) is 6.92 Å². The average Bonchev–Trinajstić information content (AvgIpc) is 3.12. The van der Waals surface area contributed by atoms with Gasteiger partial charge in [0.1, 0.15) is 17.5 Å².